The smallest absolute Gasteiger partial charge is 0.393 e. The Balaban J connectivity index is 3.48. The van der Waals surface area contributed by atoms with E-state index in [4.69, 9.17) is 0 Å². The second kappa shape index (κ2) is 8.25. The summed E-state index contributed by atoms with van der Waals surface area (Å²) < 4.78 is 217. The highest BCUT2D eigenvalue weighted by Crippen LogP contribution is 2.64. The lowest BCUT2D eigenvalue weighted by atomic mass is 9.89. The SMILES string of the molecule is O=C(NCc1ccco1)C(F)(F)C(F)(F)C(F)(F)C(F)(F)C(F)(F)C(F)(F)C(F)(F)C(F)(F)Cl. The first kappa shape index (κ1) is 30.0. The third kappa shape index (κ3) is 4.02. The van der Waals surface area contributed by atoms with Crippen molar-refractivity contribution in [2.45, 2.75) is 53.4 Å². The number of nitrogens with one attached hydrogen (secondary N) is 1. The number of hydrogen-bond acceptors (Lipinski definition) is 2. The van der Waals surface area contributed by atoms with Crippen LogP contribution >= 0.6 is 11.6 Å². The predicted octanol–water partition coefficient (Wildman–Crippen LogP) is 6.17. The first-order chi connectivity index (χ1) is 14.7. The summed E-state index contributed by atoms with van der Waals surface area (Å²) in [6.07, 6.45) is 0.811. The third-order valence-corrected chi connectivity index (χ3v) is 4.25. The van der Waals surface area contributed by atoms with E-state index in [1.807, 2.05) is 0 Å². The number of halogens is 17. The maximum Gasteiger partial charge on any atom is 0.393 e. The fourth-order valence-corrected chi connectivity index (χ4v) is 2.12. The van der Waals surface area contributed by atoms with Gasteiger partial charge in [0.15, 0.2) is 0 Å². The van der Waals surface area contributed by atoms with Gasteiger partial charge in [-0.2, -0.15) is 70.2 Å². The van der Waals surface area contributed by atoms with Gasteiger partial charge in [-0.15, -0.1) is 0 Å². The van der Waals surface area contributed by atoms with E-state index in [2.05, 4.69) is 16.0 Å². The fraction of sp³-hybridized carbons (Fsp3) is 0.643. The average Bonchev–Trinajstić information content (AvgIpc) is 3.17. The normalized spacial score (nSPS) is 15.4. The fourth-order valence-electron chi connectivity index (χ4n) is 2.00. The topological polar surface area (TPSA) is 42.2 Å². The van der Waals surface area contributed by atoms with Gasteiger partial charge in [-0.05, 0) is 23.7 Å². The van der Waals surface area contributed by atoms with E-state index >= 15 is 0 Å². The first-order valence-electron chi connectivity index (χ1n) is 7.77. The molecule has 0 radical (unpaired) electrons. The van der Waals surface area contributed by atoms with Gasteiger partial charge in [0.1, 0.15) is 5.76 Å². The Morgan fingerprint density at radius 2 is 1.09 bits per heavy atom. The highest BCUT2D eigenvalue weighted by atomic mass is 35.5. The Morgan fingerprint density at radius 1 is 0.706 bits per heavy atom. The zero-order valence-electron chi connectivity index (χ0n) is 15.2. The van der Waals surface area contributed by atoms with Crippen molar-refractivity contribution in [3.63, 3.8) is 0 Å². The molecular weight excluding hydrogens is 554 g/mol. The second-order valence-electron chi connectivity index (χ2n) is 6.28. The molecule has 0 saturated carbocycles. The average molecular weight is 560 g/mol. The quantitative estimate of drug-likeness (QED) is 0.275. The molecule has 0 aliphatic rings. The summed E-state index contributed by atoms with van der Waals surface area (Å²) in [6.45, 7) is -1.30. The Morgan fingerprint density at radius 3 is 1.44 bits per heavy atom. The molecule has 1 heterocycles. The highest BCUT2D eigenvalue weighted by Gasteiger charge is 2.95. The van der Waals surface area contributed by atoms with Gasteiger partial charge in [-0.1, -0.05) is 0 Å². The molecule has 34 heavy (non-hydrogen) atoms. The molecular formula is C14H6ClF16NO2. The van der Waals surface area contributed by atoms with Crippen molar-refractivity contribution in [1.82, 2.24) is 5.32 Å². The minimum atomic E-state index is -8.62. The van der Waals surface area contributed by atoms with Gasteiger partial charge in [-0.3, -0.25) is 4.79 Å². The molecule has 0 bridgehead atoms. The van der Waals surface area contributed by atoms with Crippen LogP contribution in [0.25, 0.3) is 0 Å². The summed E-state index contributed by atoms with van der Waals surface area (Å²) in [5.41, 5.74) is 0. The summed E-state index contributed by atoms with van der Waals surface area (Å²) in [4.78, 5) is 11.2. The van der Waals surface area contributed by atoms with Crippen LogP contribution in [0.1, 0.15) is 5.76 Å². The highest BCUT2D eigenvalue weighted by molar-refractivity contribution is 6.22. The summed E-state index contributed by atoms with van der Waals surface area (Å²) in [5.74, 6) is -61.0. The number of rotatable bonds is 10. The van der Waals surface area contributed by atoms with E-state index in [1.165, 1.54) is 0 Å². The monoisotopic (exact) mass is 559 g/mol. The van der Waals surface area contributed by atoms with Crippen molar-refractivity contribution < 1.29 is 79.5 Å². The molecule has 0 saturated heterocycles. The number of amides is 1. The van der Waals surface area contributed by atoms with Gasteiger partial charge < -0.3 is 9.73 Å². The molecule has 0 fully saturated rings. The van der Waals surface area contributed by atoms with Crippen LogP contribution in [0.15, 0.2) is 22.8 Å². The van der Waals surface area contributed by atoms with E-state index in [-0.39, 0.29) is 0 Å². The minimum Gasteiger partial charge on any atom is -0.467 e. The summed E-state index contributed by atoms with van der Waals surface area (Å²) in [6, 6.07) is 1.89. The van der Waals surface area contributed by atoms with Gasteiger partial charge in [0, 0.05) is 0 Å². The molecule has 0 aliphatic heterocycles. The van der Waals surface area contributed by atoms with Gasteiger partial charge in [0.2, 0.25) is 0 Å². The second-order valence-corrected chi connectivity index (χ2v) is 6.76. The van der Waals surface area contributed by atoms with Crippen LogP contribution in [0.3, 0.4) is 0 Å². The number of alkyl halides is 17. The molecule has 198 valence electrons. The van der Waals surface area contributed by atoms with E-state index in [0.29, 0.717) is 0 Å². The van der Waals surface area contributed by atoms with Crippen molar-refractivity contribution in [3.05, 3.63) is 24.2 Å². The van der Waals surface area contributed by atoms with E-state index in [1.54, 1.807) is 0 Å². The lowest BCUT2D eigenvalue weighted by Gasteiger charge is -2.42. The number of carbonyl (C=O) groups excluding carboxylic acids is 1. The predicted molar refractivity (Wildman–Crippen MR) is 76.0 cm³/mol. The Bertz CT molecular complexity index is 877. The summed E-state index contributed by atoms with van der Waals surface area (Å²) in [5, 5.41) is -6.10. The Hall–Kier alpha value is -2.08. The van der Waals surface area contributed by atoms with E-state index in [9.17, 15) is 75.0 Å². The molecule has 0 unspecified atom stereocenters. The van der Waals surface area contributed by atoms with Crippen LogP contribution in [0, 0.1) is 0 Å². The maximum absolute atomic E-state index is 13.6. The van der Waals surface area contributed by atoms with Crippen LogP contribution in [0.4, 0.5) is 70.2 Å². The van der Waals surface area contributed by atoms with Crippen LogP contribution < -0.4 is 5.32 Å². The van der Waals surface area contributed by atoms with Crippen molar-refractivity contribution >= 4 is 17.5 Å². The Kier molecular flexibility index (Phi) is 7.27. The third-order valence-electron chi connectivity index (χ3n) is 4.01. The molecule has 1 aromatic rings. The summed E-state index contributed by atoms with van der Waals surface area (Å²) >= 11 is 3.40. The molecule has 1 N–H and O–H groups in total. The molecule has 20 heteroatoms. The van der Waals surface area contributed by atoms with Crippen LogP contribution in [0.2, 0.25) is 0 Å². The number of carbonyl (C=O) groups is 1. The molecule has 1 rings (SSSR count). The van der Waals surface area contributed by atoms with Crippen molar-refractivity contribution in [1.29, 1.82) is 0 Å². The molecule has 1 aromatic heterocycles. The van der Waals surface area contributed by atoms with Gasteiger partial charge in [0.25, 0.3) is 5.91 Å². The molecule has 1 amide bonds. The number of hydrogen-bond donors (Lipinski definition) is 1. The van der Waals surface area contributed by atoms with Crippen molar-refractivity contribution in [3.8, 4) is 0 Å². The molecule has 0 aliphatic carbocycles. The van der Waals surface area contributed by atoms with E-state index in [0.717, 1.165) is 23.7 Å². The van der Waals surface area contributed by atoms with Crippen LogP contribution in [-0.4, -0.2) is 52.7 Å². The minimum absolute atomic E-state index is 0.528. The van der Waals surface area contributed by atoms with Gasteiger partial charge in [-0.25, -0.2) is 0 Å². The standard InChI is InChI=1S/C14H6ClF16NO2/c15-14(30,31)13(28,29)12(26,27)11(24,25)10(22,23)9(20,21)8(18,19)7(16,17)6(33)32-4-5-2-1-3-34-5/h1-3H,4H2,(H,32,33). The molecule has 0 aromatic carbocycles. The zero-order chi connectivity index (χ0) is 27.4. The number of furan rings is 1. The van der Waals surface area contributed by atoms with Crippen LogP contribution in [0.5, 0.6) is 0 Å². The Labute approximate surface area is 181 Å². The summed E-state index contributed by atoms with van der Waals surface area (Å²) in [7, 11) is 0. The molecule has 0 atom stereocenters. The first-order valence-corrected chi connectivity index (χ1v) is 8.15. The lowest BCUT2D eigenvalue weighted by molar-refractivity contribution is -0.446. The maximum atomic E-state index is 13.6. The molecule has 3 nitrogen and oxygen atoms in total. The van der Waals surface area contributed by atoms with Gasteiger partial charge in [0.05, 0.1) is 12.8 Å². The largest absolute Gasteiger partial charge is 0.467 e. The zero-order valence-corrected chi connectivity index (χ0v) is 15.9. The lowest BCUT2D eigenvalue weighted by Crippen LogP contribution is -2.75. The van der Waals surface area contributed by atoms with E-state index < -0.39 is 65.1 Å². The van der Waals surface area contributed by atoms with Crippen LogP contribution in [-0.2, 0) is 11.3 Å². The van der Waals surface area contributed by atoms with Crippen molar-refractivity contribution in [2.75, 3.05) is 0 Å². The molecule has 0 spiro atoms. The van der Waals surface area contributed by atoms with Gasteiger partial charge >= 0.3 is 46.8 Å². The van der Waals surface area contributed by atoms with Crippen molar-refractivity contribution in [2.24, 2.45) is 0 Å².